The number of ether oxygens (including phenoxy) is 1. The molecular weight excluding hydrogens is 387 g/mol. The second-order valence-electron chi connectivity index (χ2n) is 5.81. The molecule has 0 spiro atoms. The quantitative estimate of drug-likeness (QED) is 0.344. The van der Waals surface area contributed by atoms with Crippen molar-refractivity contribution in [2.45, 2.75) is 18.3 Å². The standard InChI is InChI=1S/C16H22F3N3O4S/c1-21(11-16(17,18)19)7-3-6-20-15(23)10-27-9-12-4-5-14(26-2)13(8-12)22(24)25/h4-5,8H,3,6-7,9-11H2,1-2H3,(H,20,23). The van der Waals surface area contributed by atoms with Crippen molar-refractivity contribution in [3.63, 3.8) is 0 Å². The van der Waals surface area contributed by atoms with E-state index in [2.05, 4.69) is 5.32 Å². The van der Waals surface area contributed by atoms with Gasteiger partial charge in [-0.05, 0) is 31.6 Å². The molecule has 0 bridgehead atoms. The van der Waals surface area contributed by atoms with Gasteiger partial charge in [0, 0.05) is 18.4 Å². The maximum atomic E-state index is 12.2. The molecule has 1 amide bonds. The molecule has 0 radical (unpaired) electrons. The lowest BCUT2D eigenvalue weighted by Crippen LogP contribution is -2.34. The van der Waals surface area contributed by atoms with Crippen molar-refractivity contribution >= 4 is 23.4 Å². The van der Waals surface area contributed by atoms with Crippen molar-refractivity contribution in [1.82, 2.24) is 10.2 Å². The van der Waals surface area contributed by atoms with E-state index in [-0.39, 0.29) is 36.2 Å². The molecule has 1 aromatic rings. The molecule has 0 aliphatic rings. The molecule has 0 aromatic heterocycles. The Balaban J connectivity index is 2.28. The summed E-state index contributed by atoms with van der Waals surface area (Å²) in [5, 5.41) is 13.6. The summed E-state index contributed by atoms with van der Waals surface area (Å²) < 4.78 is 41.5. The zero-order chi connectivity index (χ0) is 20.4. The maximum absolute atomic E-state index is 12.2. The fraction of sp³-hybridized carbons (Fsp3) is 0.562. The lowest BCUT2D eigenvalue weighted by molar-refractivity contribution is -0.385. The van der Waals surface area contributed by atoms with E-state index in [1.54, 1.807) is 6.07 Å². The molecule has 0 saturated carbocycles. The first-order valence-corrected chi connectivity index (χ1v) is 9.19. The molecule has 0 heterocycles. The highest BCUT2D eigenvalue weighted by Gasteiger charge is 2.28. The van der Waals surface area contributed by atoms with Crippen LogP contribution in [0, 0.1) is 10.1 Å². The Bertz CT molecular complexity index is 644. The highest BCUT2D eigenvalue weighted by atomic mass is 32.2. The predicted octanol–water partition coefficient (Wildman–Crippen LogP) is 2.84. The van der Waals surface area contributed by atoms with Crippen LogP contribution in [0.5, 0.6) is 5.75 Å². The van der Waals surface area contributed by atoms with E-state index in [1.165, 1.54) is 38.1 Å². The first-order chi connectivity index (χ1) is 12.6. The summed E-state index contributed by atoms with van der Waals surface area (Å²) in [5.74, 6) is 0.494. The van der Waals surface area contributed by atoms with Crippen LogP contribution in [0.1, 0.15) is 12.0 Å². The van der Waals surface area contributed by atoms with Crippen LogP contribution in [0.3, 0.4) is 0 Å². The van der Waals surface area contributed by atoms with E-state index in [4.69, 9.17) is 4.74 Å². The first-order valence-electron chi connectivity index (χ1n) is 8.03. The SMILES string of the molecule is COc1ccc(CSCC(=O)NCCCN(C)CC(F)(F)F)cc1[N+](=O)[O-]. The maximum Gasteiger partial charge on any atom is 0.401 e. The molecule has 152 valence electrons. The number of thioether (sulfide) groups is 1. The molecule has 27 heavy (non-hydrogen) atoms. The van der Waals surface area contributed by atoms with Crippen LogP contribution in [-0.2, 0) is 10.5 Å². The number of nitrogens with zero attached hydrogens (tertiary/aromatic N) is 2. The molecule has 1 aromatic carbocycles. The van der Waals surface area contributed by atoms with Gasteiger partial charge in [0.05, 0.1) is 24.3 Å². The van der Waals surface area contributed by atoms with Gasteiger partial charge in [0.2, 0.25) is 5.91 Å². The van der Waals surface area contributed by atoms with Gasteiger partial charge in [-0.2, -0.15) is 13.2 Å². The van der Waals surface area contributed by atoms with Crippen LogP contribution < -0.4 is 10.1 Å². The van der Waals surface area contributed by atoms with E-state index in [0.29, 0.717) is 17.7 Å². The third-order valence-electron chi connectivity index (χ3n) is 3.43. The zero-order valence-corrected chi connectivity index (χ0v) is 15.9. The molecule has 0 saturated heterocycles. The van der Waals surface area contributed by atoms with Gasteiger partial charge in [0.1, 0.15) is 0 Å². The highest BCUT2D eigenvalue weighted by Crippen LogP contribution is 2.28. The Hall–Kier alpha value is -2.01. The van der Waals surface area contributed by atoms with E-state index < -0.39 is 17.6 Å². The number of nitro groups is 1. The number of nitro benzene ring substituents is 1. The zero-order valence-electron chi connectivity index (χ0n) is 15.0. The number of carbonyl (C=O) groups is 1. The van der Waals surface area contributed by atoms with E-state index >= 15 is 0 Å². The number of carbonyl (C=O) groups excluding carboxylic acids is 1. The van der Waals surface area contributed by atoms with Crippen molar-refractivity contribution < 1.29 is 27.6 Å². The van der Waals surface area contributed by atoms with Crippen LogP contribution in [0.4, 0.5) is 18.9 Å². The second-order valence-corrected chi connectivity index (χ2v) is 6.80. The smallest absolute Gasteiger partial charge is 0.401 e. The second kappa shape index (κ2) is 11.0. The minimum absolute atomic E-state index is 0.136. The highest BCUT2D eigenvalue weighted by molar-refractivity contribution is 7.99. The number of alkyl halides is 3. The monoisotopic (exact) mass is 409 g/mol. The number of halogens is 3. The van der Waals surface area contributed by atoms with Gasteiger partial charge in [0.15, 0.2) is 5.75 Å². The Morgan fingerprint density at radius 3 is 2.70 bits per heavy atom. The minimum Gasteiger partial charge on any atom is -0.490 e. The summed E-state index contributed by atoms with van der Waals surface area (Å²) in [4.78, 5) is 23.3. The fourth-order valence-corrected chi connectivity index (χ4v) is 3.05. The van der Waals surface area contributed by atoms with Gasteiger partial charge in [-0.15, -0.1) is 11.8 Å². The van der Waals surface area contributed by atoms with Gasteiger partial charge in [0.25, 0.3) is 0 Å². The van der Waals surface area contributed by atoms with E-state index in [0.717, 1.165) is 4.90 Å². The minimum atomic E-state index is -4.23. The van der Waals surface area contributed by atoms with Crippen molar-refractivity contribution in [2.75, 3.05) is 39.5 Å². The fourth-order valence-electron chi connectivity index (χ4n) is 2.24. The first kappa shape index (κ1) is 23.0. The van der Waals surface area contributed by atoms with Crippen molar-refractivity contribution in [3.05, 3.63) is 33.9 Å². The number of nitrogens with one attached hydrogen (secondary N) is 1. The van der Waals surface area contributed by atoms with Crippen LogP contribution in [0.25, 0.3) is 0 Å². The number of benzene rings is 1. The average molecular weight is 409 g/mol. The molecule has 0 aliphatic heterocycles. The molecule has 7 nitrogen and oxygen atoms in total. The third-order valence-corrected chi connectivity index (χ3v) is 4.43. The van der Waals surface area contributed by atoms with Crippen LogP contribution in [0.2, 0.25) is 0 Å². The Labute approximate surface area is 159 Å². The molecule has 0 atom stereocenters. The van der Waals surface area contributed by atoms with Gasteiger partial charge >= 0.3 is 11.9 Å². The number of hydrogen-bond acceptors (Lipinski definition) is 6. The van der Waals surface area contributed by atoms with Crippen molar-refractivity contribution in [1.29, 1.82) is 0 Å². The van der Waals surface area contributed by atoms with Gasteiger partial charge in [-0.3, -0.25) is 19.8 Å². The molecule has 0 fully saturated rings. The van der Waals surface area contributed by atoms with Crippen LogP contribution in [0.15, 0.2) is 18.2 Å². The van der Waals surface area contributed by atoms with Crippen molar-refractivity contribution in [2.24, 2.45) is 0 Å². The van der Waals surface area contributed by atoms with Gasteiger partial charge in [-0.1, -0.05) is 6.07 Å². The lowest BCUT2D eigenvalue weighted by Gasteiger charge is -2.18. The Morgan fingerprint density at radius 2 is 2.11 bits per heavy atom. The summed E-state index contributed by atoms with van der Waals surface area (Å²) in [6.45, 7) is -0.469. The van der Waals surface area contributed by atoms with Crippen molar-refractivity contribution in [3.8, 4) is 5.75 Å². The molecule has 1 rings (SSSR count). The van der Waals surface area contributed by atoms with Gasteiger partial charge in [-0.25, -0.2) is 0 Å². The number of rotatable bonds is 11. The Kier molecular flexibility index (Phi) is 9.36. The summed E-state index contributed by atoms with van der Waals surface area (Å²) in [7, 11) is 2.72. The van der Waals surface area contributed by atoms with E-state index in [1.807, 2.05) is 0 Å². The summed E-state index contributed by atoms with van der Waals surface area (Å²) >= 11 is 1.29. The molecule has 0 aliphatic carbocycles. The molecule has 11 heteroatoms. The summed E-state index contributed by atoms with van der Waals surface area (Å²) in [6, 6.07) is 4.60. The lowest BCUT2D eigenvalue weighted by atomic mass is 10.2. The molecule has 1 N–H and O–H groups in total. The predicted molar refractivity (Wildman–Crippen MR) is 97.0 cm³/mol. The molecular formula is C16H22F3N3O4S. The van der Waals surface area contributed by atoms with Gasteiger partial charge < -0.3 is 10.1 Å². The average Bonchev–Trinajstić information content (AvgIpc) is 2.57. The largest absolute Gasteiger partial charge is 0.490 e. The van der Waals surface area contributed by atoms with E-state index in [9.17, 15) is 28.1 Å². The van der Waals surface area contributed by atoms with Crippen LogP contribution in [-0.4, -0.2) is 61.5 Å². The van der Waals surface area contributed by atoms with Crippen LogP contribution >= 0.6 is 11.8 Å². The topological polar surface area (TPSA) is 84.7 Å². The molecule has 0 unspecified atom stereocenters. The normalized spacial score (nSPS) is 11.5. The third kappa shape index (κ3) is 9.48. The summed E-state index contributed by atoms with van der Waals surface area (Å²) in [5.41, 5.74) is 0.553. The number of methoxy groups -OCH3 is 1. The number of hydrogen-bond donors (Lipinski definition) is 1. The number of amides is 1. The Morgan fingerprint density at radius 1 is 1.41 bits per heavy atom. The summed E-state index contributed by atoms with van der Waals surface area (Å²) in [6.07, 6.45) is -3.82.